The van der Waals surface area contributed by atoms with Gasteiger partial charge >= 0.3 is 0 Å². The normalized spacial score (nSPS) is 49.1. The predicted octanol–water partition coefficient (Wildman–Crippen LogP) is 6.37. The van der Waals surface area contributed by atoms with Crippen LogP contribution in [0.4, 0.5) is 5.69 Å². The lowest BCUT2D eigenvalue weighted by Crippen LogP contribution is -2.79. The van der Waals surface area contributed by atoms with E-state index in [1.54, 1.807) is 23.1 Å². The summed E-state index contributed by atoms with van der Waals surface area (Å²) in [6.07, 6.45) is 10.3. The number of fused-ring (bicyclic) bond motifs is 1. The molecule has 0 aromatic heterocycles. The van der Waals surface area contributed by atoms with Crippen LogP contribution in [0.1, 0.15) is 142 Å². The number of anilines is 1. The number of aliphatic hydroxyl groups excluding tert-OH is 6. The van der Waals surface area contributed by atoms with Gasteiger partial charge in [-0.3, -0.25) is 9.59 Å². The molecule has 426 valence electrons. The van der Waals surface area contributed by atoms with Gasteiger partial charge in [0, 0.05) is 59.4 Å². The molecule has 5 heterocycles. The fourth-order valence-corrected chi connectivity index (χ4v) is 24.5. The van der Waals surface area contributed by atoms with Crippen molar-refractivity contribution >= 4 is 39.0 Å². The van der Waals surface area contributed by atoms with Gasteiger partial charge in [-0.2, -0.15) is 0 Å². The first kappa shape index (κ1) is 55.5. The smallest absolute Gasteiger partial charge is 0.234 e. The molecule has 16 heteroatoms. The third-order valence-corrected chi connectivity index (χ3v) is 27.9. The molecular formula is C61H87NO13S2. The number of ether oxygens (including phenoxy) is 1. The average molecular weight is 1110 g/mol. The molecule has 0 unspecified atom stereocenters. The number of phenolic OH excluding ortho intramolecular Hbond substituents is 1. The highest BCUT2D eigenvalue weighted by atomic mass is 33.1. The third kappa shape index (κ3) is 6.87. The van der Waals surface area contributed by atoms with E-state index >= 15 is 9.59 Å². The highest BCUT2D eigenvalue weighted by molar-refractivity contribution is 8.76. The molecule has 1 aromatic rings. The van der Waals surface area contributed by atoms with Gasteiger partial charge in [-0.25, -0.2) is 0 Å². The SMILES string of the molecule is CC(C)[C@@H](C)[C@@H]1O[C@H]1[C@@]1(O)CC=C[C@H]2C[C@H]3C4=CC(=O)[C@@]5(C[C@@H](O)[C@](O)(CO)C6(CCCC6)[C@]35C)[C@H](O)SSC[C@@H]3CCC[C@H](CO)[C@]35C(=O)N(C[C@]53CC[C@@H](CCCO)[C@H]3O)c3cc(O)cc(c3)CC[C@]23[C@@H]1CC[C@@]43O. The maximum atomic E-state index is 16.3. The predicted molar refractivity (Wildman–Crippen MR) is 293 cm³/mol. The second kappa shape index (κ2) is 19.0. The summed E-state index contributed by atoms with van der Waals surface area (Å²) in [6.45, 7) is 7.55. The Balaban J connectivity index is 1.08. The van der Waals surface area contributed by atoms with Crippen molar-refractivity contribution in [2.24, 2.45) is 79.8 Å². The Hall–Kier alpha value is -2.06. The van der Waals surface area contributed by atoms with Crippen LogP contribution in [0, 0.1) is 79.8 Å². The number of aryl methyl sites for hydroxylation is 1. The van der Waals surface area contributed by atoms with Gasteiger partial charge in [0.05, 0.1) is 41.3 Å². The zero-order valence-electron chi connectivity index (χ0n) is 45.7. The number of carbonyl (C=O) groups is 2. The first-order valence-electron chi connectivity index (χ1n) is 29.7. The molecule has 14 nitrogen and oxygen atoms in total. The fourth-order valence-electron chi connectivity index (χ4n) is 21.5. The Morgan fingerprint density at radius 3 is 2.39 bits per heavy atom. The van der Waals surface area contributed by atoms with Gasteiger partial charge < -0.3 is 60.7 Å². The summed E-state index contributed by atoms with van der Waals surface area (Å²) in [5.41, 5.74) is -12.7. The first-order chi connectivity index (χ1) is 36.6. The van der Waals surface area contributed by atoms with E-state index in [1.807, 2.05) is 13.0 Å². The van der Waals surface area contributed by atoms with Crippen LogP contribution in [-0.2, 0) is 20.7 Å². The maximum absolute atomic E-state index is 16.3. The van der Waals surface area contributed by atoms with Crippen LogP contribution in [0.3, 0.4) is 0 Å². The number of carbonyl (C=O) groups excluding carboxylic acids is 2. The van der Waals surface area contributed by atoms with Crippen molar-refractivity contribution in [3.63, 3.8) is 0 Å². The zero-order chi connectivity index (χ0) is 54.7. The minimum absolute atomic E-state index is 0.0309. The highest BCUT2D eigenvalue weighted by Crippen LogP contribution is 2.81. The Morgan fingerprint density at radius 1 is 0.909 bits per heavy atom. The maximum Gasteiger partial charge on any atom is 0.234 e. The Bertz CT molecular complexity index is 2570. The molecule has 5 spiro atoms. The van der Waals surface area contributed by atoms with Gasteiger partial charge in [0.1, 0.15) is 28.5 Å². The van der Waals surface area contributed by atoms with E-state index in [2.05, 4.69) is 32.9 Å². The summed E-state index contributed by atoms with van der Waals surface area (Å²) in [5.74, 6) is -2.64. The molecule has 1 amide bonds. The van der Waals surface area contributed by atoms with Crippen molar-refractivity contribution in [3.8, 4) is 5.75 Å². The number of hydrogen-bond donors (Lipinski definition) is 10. The van der Waals surface area contributed by atoms with Crippen LogP contribution in [0.2, 0.25) is 0 Å². The largest absolute Gasteiger partial charge is 0.508 e. The Morgan fingerprint density at radius 2 is 1.68 bits per heavy atom. The highest BCUT2D eigenvalue weighted by Gasteiger charge is 2.84. The van der Waals surface area contributed by atoms with Crippen LogP contribution in [0.25, 0.3) is 0 Å². The zero-order valence-corrected chi connectivity index (χ0v) is 47.3. The molecule has 0 radical (unpaired) electrons. The van der Waals surface area contributed by atoms with E-state index in [4.69, 9.17) is 4.74 Å². The lowest BCUT2D eigenvalue weighted by atomic mass is 9.31. The Labute approximate surface area is 462 Å². The van der Waals surface area contributed by atoms with Gasteiger partial charge in [0.25, 0.3) is 0 Å². The van der Waals surface area contributed by atoms with E-state index < -0.39 is 115 Å². The van der Waals surface area contributed by atoms with E-state index in [9.17, 15) is 51.1 Å². The lowest BCUT2D eigenvalue weighted by Gasteiger charge is -2.74. The quantitative estimate of drug-likeness (QED) is 0.0771. The van der Waals surface area contributed by atoms with Crippen molar-refractivity contribution in [2.45, 2.75) is 190 Å². The summed E-state index contributed by atoms with van der Waals surface area (Å²) < 4.78 is 6.57. The summed E-state index contributed by atoms with van der Waals surface area (Å²) in [6, 6.07) is 5.28. The van der Waals surface area contributed by atoms with Crippen molar-refractivity contribution in [1.82, 2.24) is 0 Å². The van der Waals surface area contributed by atoms with Crippen LogP contribution < -0.4 is 4.90 Å². The Kier molecular flexibility index (Phi) is 13.7. The van der Waals surface area contributed by atoms with E-state index in [0.717, 1.165) is 17.2 Å². The van der Waals surface area contributed by atoms with Crippen LogP contribution in [0.15, 0.2) is 42.0 Å². The second-order valence-corrected chi connectivity index (χ2v) is 30.0. The molecule has 1 aromatic carbocycles. The molecule has 8 fully saturated rings. The van der Waals surface area contributed by atoms with Gasteiger partial charge in [-0.05, 0) is 172 Å². The first-order valence-corrected chi connectivity index (χ1v) is 32.1. The molecule has 13 aliphatic rings. The number of aliphatic hydroxyl groups is 9. The number of benzene rings is 1. The van der Waals surface area contributed by atoms with Crippen molar-refractivity contribution in [2.75, 3.05) is 37.0 Å². The second-order valence-electron chi connectivity index (χ2n) is 27.5. The summed E-state index contributed by atoms with van der Waals surface area (Å²) in [4.78, 5) is 34.3. The molecule has 8 bridgehead atoms. The van der Waals surface area contributed by atoms with Crippen molar-refractivity contribution in [3.05, 3.63) is 47.6 Å². The molecule has 2 saturated heterocycles. The molecule has 6 saturated carbocycles. The third-order valence-electron chi connectivity index (χ3n) is 25.3. The molecule has 77 heavy (non-hydrogen) atoms. The topological polar surface area (TPSA) is 252 Å². The summed E-state index contributed by atoms with van der Waals surface area (Å²) in [5, 5.41) is 125. The summed E-state index contributed by atoms with van der Waals surface area (Å²) >= 11 is 0. The minimum Gasteiger partial charge on any atom is -0.508 e. The van der Waals surface area contributed by atoms with Crippen LogP contribution >= 0.6 is 21.6 Å². The molecule has 10 N–H and O–H groups in total. The molecule has 20 atom stereocenters. The van der Waals surface area contributed by atoms with E-state index in [1.165, 1.54) is 10.8 Å². The molecular weight excluding hydrogens is 1020 g/mol. The fraction of sp³-hybridized carbons (Fsp3) is 0.803. The number of nitrogens with zero attached hydrogens (tertiary/aromatic N) is 1. The number of rotatable bonds is 8. The molecule has 8 aliphatic carbocycles. The average Bonchev–Trinajstić information content (AvgIpc) is 3.73. The van der Waals surface area contributed by atoms with Crippen LogP contribution in [0.5, 0.6) is 5.75 Å². The molecule has 14 rings (SSSR count). The number of aromatic hydroxyl groups is 1. The number of epoxide rings is 1. The molecule has 5 aliphatic heterocycles. The lowest BCUT2D eigenvalue weighted by molar-refractivity contribution is -0.309. The van der Waals surface area contributed by atoms with Gasteiger partial charge in [0.15, 0.2) is 5.78 Å². The van der Waals surface area contributed by atoms with Gasteiger partial charge in [-0.15, -0.1) is 0 Å². The number of amides is 1. The number of ketones is 1. The van der Waals surface area contributed by atoms with Gasteiger partial charge in [0.2, 0.25) is 5.91 Å². The van der Waals surface area contributed by atoms with Crippen molar-refractivity contribution in [1.29, 1.82) is 0 Å². The van der Waals surface area contributed by atoms with Gasteiger partial charge in [-0.1, -0.05) is 80.7 Å². The van der Waals surface area contributed by atoms with Crippen molar-refractivity contribution < 1.29 is 65.4 Å². The minimum atomic E-state index is -2.06. The standard InChI is InChI=1S/C61H87NO13S2/c1-34(2)35(3)48-50(75-48)58(72)19-8-13-38-26-43-44-28-46(67)57(29-47(68)60(74,33-65)55(53(43,57)4)17-5-6-18-55)52(71)77-76-31-40-12-7-11-39(30-64)61(40)51(70)62(32-54(61)20-15-37(49(54)69)10-9-23-63)41-24-36(25-42(66)27-41)14-21-56(38)45(58)16-22-59(44,56)73/h8,13,24-25,27-28,34-35,37-40,43,45,47-50,52,63-66,68-69,71-74H,5-7,9-12,14-23,26,29-33H2,1-4H3/t35-,37-,38+,39-,40+,43+,45+,47-,48+,49-,50-,52-,53+,54+,56-,57+,58-,59-,60-,61-/m1/s1. The number of phenols is 1. The monoisotopic (exact) mass is 1110 g/mol. The summed E-state index contributed by atoms with van der Waals surface area (Å²) in [7, 11) is 2.50. The van der Waals surface area contributed by atoms with E-state index in [0.29, 0.717) is 112 Å². The number of allylic oxidation sites excluding steroid dienone is 2. The number of hydrogen-bond acceptors (Lipinski definition) is 15. The van der Waals surface area contributed by atoms with Crippen LogP contribution in [-0.4, -0.2) is 142 Å². The van der Waals surface area contributed by atoms with E-state index in [-0.39, 0.29) is 74.5 Å².